The Hall–Kier alpha value is -1.88. The Morgan fingerprint density at radius 2 is 2.10 bits per heavy atom. The van der Waals surface area contributed by atoms with Gasteiger partial charge in [0.1, 0.15) is 0 Å². The number of rotatable bonds is 5. The van der Waals surface area contributed by atoms with E-state index in [-0.39, 0.29) is 25.0 Å². The molecule has 1 aromatic rings. The minimum atomic E-state index is -1.01. The quantitative estimate of drug-likeness (QED) is 0.899. The highest BCUT2D eigenvalue weighted by molar-refractivity contribution is 5.84. The number of benzene rings is 1. The SMILES string of the molecule is CCCC(C(=O)N1CCOC(C(=O)O)C1)c1ccccc1. The molecule has 1 N–H and O–H groups in total. The van der Waals surface area contributed by atoms with E-state index in [9.17, 15) is 9.59 Å². The summed E-state index contributed by atoms with van der Waals surface area (Å²) < 4.78 is 5.17. The van der Waals surface area contributed by atoms with Crippen LogP contribution in [0.3, 0.4) is 0 Å². The predicted molar refractivity (Wildman–Crippen MR) is 78.0 cm³/mol. The van der Waals surface area contributed by atoms with Crippen molar-refractivity contribution in [2.45, 2.75) is 31.8 Å². The third-order valence-corrected chi connectivity index (χ3v) is 3.73. The number of hydrogen-bond acceptors (Lipinski definition) is 3. The van der Waals surface area contributed by atoms with Crippen molar-refractivity contribution in [3.63, 3.8) is 0 Å². The Balaban J connectivity index is 2.13. The lowest BCUT2D eigenvalue weighted by Gasteiger charge is -2.33. The predicted octanol–water partition coefficient (Wildman–Crippen LogP) is 1.88. The summed E-state index contributed by atoms with van der Waals surface area (Å²) in [6.07, 6.45) is 0.747. The Labute approximate surface area is 124 Å². The van der Waals surface area contributed by atoms with Gasteiger partial charge in [0.15, 0.2) is 6.10 Å². The number of ether oxygens (including phenoxy) is 1. The molecule has 2 unspecified atom stereocenters. The van der Waals surface area contributed by atoms with Crippen LogP contribution in [0, 0.1) is 0 Å². The second kappa shape index (κ2) is 7.22. The fourth-order valence-corrected chi connectivity index (χ4v) is 2.63. The van der Waals surface area contributed by atoms with Gasteiger partial charge in [0.05, 0.1) is 19.1 Å². The van der Waals surface area contributed by atoms with Crippen LogP contribution in [-0.2, 0) is 14.3 Å². The van der Waals surface area contributed by atoms with Crippen molar-refractivity contribution < 1.29 is 19.4 Å². The van der Waals surface area contributed by atoms with Crippen LogP contribution in [0.25, 0.3) is 0 Å². The maximum absolute atomic E-state index is 12.7. The Kier molecular flexibility index (Phi) is 5.33. The number of carboxylic acid groups (broad SMARTS) is 1. The van der Waals surface area contributed by atoms with E-state index >= 15 is 0 Å². The molecule has 2 rings (SSSR count). The molecule has 0 radical (unpaired) electrons. The van der Waals surface area contributed by atoms with Gasteiger partial charge >= 0.3 is 5.97 Å². The number of hydrogen-bond donors (Lipinski definition) is 1. The number of amides is 1. The first-order valence-corrected chi connectivity index (χ1v) is 7.31. The van der Waals surface area contributed by atoms with E-state index in [1.54, 1.807) is 4.90 Å². The second-order valence-corrected chi connectivity index (χ2v) is 5.23. The molecule has 1 aromatic carbocycles. The smallest absolute Gasteiger partial charge is 0.334 e. The van der Waals surface area contributed by atoms with Gasteiger partial charge in [-0.15, -0.1) is 0 Å². The van der Waals surface area contributed by atoms with Crippen molar-refractivity contribution in [3.05, 3.63) is 35.9 Å². The summed E-state index contributed by atoms with van der Waals surface area (Å²) in [6, 6.07) is 9.67. The van der Waals surface area contributed by atoms with Crippen LogP contribution in [-0.4, -0.2) is 47.7 Å². The minimum absolute atomic E-state index is 0.00222. The van der Waals surface area contributed by atoms with Gasteiger partial charge in [-0.05, 0) is 12.0 Å². The third kappa shape index (κ3) is 3.82. The number of carbonyl (C=O) groups excluding carboxylic acids is 1. The van der Waals surface area contributed by atoms with Crippen molar-refractivity contribution in [1.29, 1.82) is 0 Å². The van der Waals surface area contributed by atoms with Crippen LogP contribution >= 0.6 is 0 Å². The van der Waals surface area contributed by atoms with E-state index in [2.05, 4.69) is 0 Å². The van der Waals surface area contributed by atoms with Crippen LogP contribution < -0.4 is 0 Å². The van der Waals surface area contributed by atoms with Crippen molar-refractivity contribution in [3.8, 4) is 0 Å². The molecule has 0 aromatic heterocycles. The fraction of sp³-hybridized carbons (Fsp3) is 0.500. The minimum Gasteiger partial charge on any atom is -0.479 e. The Morgan fingerprint density at radius 3 is 2.71 bits per heavy atom. The number of morpholine rings is 1. The zero-order chi connectivity index (χ0) is 15.2. The number of carboxylic acids is 1. The van der Waals surface area contributed by atoms with Crippen molar-refractivity contribution in [1.82, 2.24) is 4.90 Å². The van der Waals surface area contributed by atoms with Gasteiger partial charge in [-0.1, -0.05) is 43.7 Å². The van der Waals surface area contributed by atoms with Crippen molar-refractivity contribution in [2.75, 3.05) is 19.7 Å². The lowest BCUT2D eigenvalue weighted by Crippen LogP contribution is -2.49. The number of aliphatic carboxylic acids is 1. The average molecular weight is 291 g/mol. The van der Waals surface area contributed by atoms with Gasteiger partial charge < -0.3 is 14.7 Å². The summed E-state index contributed by atoms with van der Waals surface area (Å²) in [5, 5.41) is 9.03. The van der Waals surface area contributed by atoms with E-state index in [1.165, 1.54) is 0 Å². The molecule has 1 heterocycles. The summed E-state index contributed by atoms with van der Waals surface area (Å²) in [5.41, 5.74) is 0.989. The molecule has 114 valence electrons. The fourth-order valence-electron chi connectivity index (χ4n) is 2.63. The summed E-state index contributed by atoms with van der Waals surface area (Å²) in [4.78, 5) is 25.4. The molecule has 0 aliphatic carbocycles. The van der Waals surface area contributed by atoms with E-state index < -0.39 is 12.1 Å². The van der Waals surface area contributed by atoms with Crippen LogP contribution in [0.5, 0.6) is 0 Å². The number of carbonyl (C=O) groups is 2. The van der Waals surface area contributed by atoms with Crippen LogP contribution in [0.2, 0.25) is 0 Å². The first-order valence-electron chi connectivity index (χ1n) is 7.31. The average Bonchev–Trinajstić information content (AvgIpc) is 2.53. The Morgan fingerprint density at radius 1 is 1.38 bits per heavy atom. The lowest BCUT2D eigenvalue weighted by atomic mass is 9.93. The number of nitrogens with zero attached hydrogens (tertiary/aromatic N) is 1. The maximum atomic E-state index is 12.7. The molecule has 5 nitrogen and oxygen atoms in total. The van der Waals surface area contributed by atoms with Crippen molar-refractivity contribution >= 4 is 11.9 Å². The zero-order valence-electron chi connectivity index (χ0n) is 12.2. The topological polar surface area (TPSA) is 66.8 Å². The molecule has 0 spiro atoms. The van der Waals surface area contributed by atoms with Gasteiger partial charge in [-0.2, -0.15) is 0 Å². The van der Waals surface area contributed by atoms with E-state index in [1.807, 2.05) is 37.3 Å². The van der Waals surface area contributed by atoms with Crippen molar-refractivity contribution in [2.24, 2.45) is 0 Å². The molecule has 1 fully saturated rings. The molecule has 5 heteroatoms. The third-order valence-electron chi connectivity index (χ3n) is 3.73. The normalized spacial score (nSPS) is 20.0. The molecule has 0 saturated carbocycles. The monoisotopic (exact) mass is 291 g/mol. The molecule has 1 amide bonds. The van der Waals surface area contributed by atoms with E-state index in [0.717, 1.165) is 18.4 Å². The zero-order valence-corrected chi connectivity index (χ0v) is 12.2. The molecular formula is C16H21NO4. The van der Waals surface area contributed by atoms with E-state index in [0.29, 0.717) is 6.54 Å². The van der Waals surface area contributed by atoms with Gasteiger partial charge in [-0.25, -0.2) is 4.79 Å². The highest BCUT2D eigenvalue weighted by atomic mass is 16.5. The molecule has 21 heavy (non-hydrogen) atoms. The van der Waals surface area contributed by atoms with Gasteiger partial charge in [0, 0.05) is 6.54 Å². The molecule has 1 aliphatic heterocycles. The summed E-state index contributed by atoms with van der Waals surface area (Å²) >= 11 is 0. The van der Waals surface area contributed by atoms with Gasteiger partial charge in [0.2, 0.25) is 5.91 Å². The maximum Gasteiger partial charge on any atom is 0.334 e. The van der Waals surface area contributed by atoms with Gasteiger partial charge in [-0.3, -0.25) is 4.79 Å². The van der Waals surface area contributed by atoms with Crippen LogP contribution in [0.15, 0.2) is 30.3 Å². The van der Waals surface area contributed by atoms with E-state index in [4.69, 9.17) is 9.84 Å². The van der Waals surface area contributed by atoms with Crippen LogP contribution in [0.1, 0.15) is 31.2 Å². The molecule has 0 bridgehead atoms. The Bertz CT molecular complexity index is 488. The lowest BCUT2D eigenvalue weighted by molar-refractivity contribution is -0.159. The summed E-state index contributed by atoms with van der Waals surface area (Å²) in [7, 11) is 0. The standard InChI is InChI=1S/C16H21NO4/c1-2-6-13(12-7-4-3-5-8-12)15(18)17-9-10-21-14(11-17)16(19)20/h3-5,7-8,13-14H,2,6,9-11H2,1H3,(H,19,20). The molecule has 2 atom stereocenters. The molecule has 1 saturated heterocycles. The van der Waals surface area contributed by atoms with Gasteiger partial charge in [0.25, 0.3) is 0 Å². The summed E-state index contributed by atoms with van der Waals surface area (Å²) in [5.74, 6) is -1.22. The summed E-state index contributed by atoms with van der Waals surface area (Å²) in [6.45, 7) is 2.90. The molecular weight excluding hydrogens is 270 g/mol. The van der Waals surface area contributed by atoms with Crippen LogP contribution in [0.4, 0.5) is 0 Å². The first kappa shape index (κ1) is 15.5. The first-order chi connectivity index (χ1) is 10.1. The highest BCUT2D eigenvalue weighted by Gasteiger charge is 2.32. The highest BCUT2D eigenvalue weighted by Crippen LogP contribution is 2.24. The second-order valence-electron chi connectivity index (χ2n) is 5.23. The largest absolute Gasteiger partial charge is 0.479 e. The molecule has 1 aliphatic rings.